The van der Waals surface area contributed by atoms with E-state index < -0.39 is 23.5 Å². The van der Waals surface area contributed by atoms with E-state index in [1.807, 2.05) is 13.8 Å². The summed E-state index contributed by atoms with van der Waals surface area (Å²) in [4.78, 5) is 23.6. The van der Waals surface area contributed by atoms with E-state index in [2.05, 4.69) is 10.6 Å². The van der Waals surface area contributed by atoms with Crippen molar-refractivity contribution in [2.45, 2.75) is 26.8 Å². The summed E-state index contributed by atoms with van der Waals surface area (Å²) >= 11 is 0. The second kappa shape index (κ2) is 6.88. The van der Waals surface area contributed by atoms with Gasteiger partial charge in [0.05, 0.1) is 5.56 Å². The fraction of sp³-hybridized carbons (Fsp3) is 0.429. The Balaban J connectivity index is 2.63. The van der Waals surface area contributed by atoms with E-state index in [1.54, 1.807) is 0 Å². The molecule has 0 bridgehead atoms. The molecule has 0 spiro atoms. The van der Waals surface area contributed by atoms with Crippen LogP contribution in [0.4, 0.5) is 4.39 Å². The van der Waals surface area contributed by atoms with Crippen LogP contribution in [-0.4, -0.2) is 29.5 Å². The number of carbonyl (C=O) groups excluding carboxylic acids is 2. The van der Waals surface area contributed by atoms with Crippen LogP contribution < -0.4 is 10.6 Å². The highest BCUT2D eigenvalue weighted by atomic mass is 19.1. The fourth-order valence-electron chi connectivity index (χ4n) is 1.49. The third kappa shape index (κ3) is 4.53. The van der Waals surface area contributed by atoms with Gasteiger partial charge in [-0.2, -0.15) is 0 Å². The summed E-state index contributed by atoms with van der Waals surface area (Å²) < 4.78 is 12.8. The number of phenols is 1. The number of amides is 2. The first-order valence-electron chi connectivity index (χ1n) is 6.38. The van der Waals surface area contributed by atoms with Crippen molar-refractivity contribution >= 4 is 11.8 Å². The zero-order valence-corrected chi connectivity index (χ0v) is 11.7. The maximum Gasteiger partial charge on any atom is 0.255 e. The van der Waals surface area contributed by atoms with Crippen molar-refractivity contribution in [2.75, 3.05) is 6.54 Å². The lowest BCUT2D eigenvalue weighted by Gasteiger charge is -2.15. The van der Waals surface area contributed by atoms with Crippen molar-refractivity contribution in [3.63, 3.8) is 0 Å². The standard InChI is InChI=1S/C14H19FN2O3/c1-8(2)7-16-13(19)9(3)17-14(20)11-5-4-10(15)6-12(11)18/h4-6,8-9,18H,7H2,1-3H3,(H,16,19)(H,17,20). The van der Waals surface area contributed by atoms with Crippen LogP contribution in [0.25, 0.3) is 0 Å². The molecular weight excluding hydrogens is 263 g/mol. The summed E-state index contributed by atoms with van der Waals surface area (Å²) in [5.74, 6) is -1.73. The number of aromatic hydroxyl groups is 1. The van der Waals surface area contributed by atoms with Gasteiger partial charge in [0, 0.05) is 12.6 Å². The molecule has 20 heavy (non-hydrogen) atoms. The van der Waals surface area contributed by atoms with E-state index in [9.17, 15) is 19.1 Å². The third-order valence-corrected chi connectivity index (χ3v) is 2.63. The van der Waals surface area contributed by atoms with Gasteiger partial charge in [-0.1, -0.05) is 13.8 Å². The van der Waals surface area contributed by atoms with Gasteiger partial charge in [-0.25, -0.2) is 4.39 Å². The molecule has 2 amide bonds. The molecule has 0 aliphatic heterocycles. The van der Waals surface area contributed by atoms with Crippen molar-refractivity contribution < 1.29 is 19.1 Å². The predicted octanol–water partition coefficient (Wildman–Crippen LogP) is 1.42. The van der Waals surface area contributed by atoms with Crippen LogP contribution in [-0.2, 0) is 4.79 Å². The highest BCUT2D eigenvalue weighted by Gasteiger charge is 2.18. The number of phenolic OH excluding ortho intramolecular Hbond substituents is 1. The first-order valence-corrected chi connectivity index (χ1v) is 6.38. The van der Waals surface area contributed by atoms with Crippen LogP contribution in [0, 0.1) is 11.7 Å². The van der Waals surface area contributed by atoms with Gasteiger partial charge in [-0.15, -0.1) is 0 Å². The largest absolute Gasteiger partial charge is 0.507 e. The van der Waals surface area contributed by atoms with Crippen molar-refractivity contribution in [1.29, 1.82) is 0 Å². The number of nitrogens with one attached hydrogen (secondary N) is 2. The molecule has 0 saturated carbocycles. The molecule has 1 aromatic rings. The first-order chi connectivity index (χ1) is 9.31. The second-order valence-corrected chi connectivity index (χ2v) is 5.00. The third-order valence-electron chi connectivity index (χ3n) is 2.63. The van der Waals surface area contributed by atoms with Crippen LogP contribution >= 0.6 is 0 Å². The molecule has 1 rings (SSSR count). The van der Waals surface area contributed by atoms with Gasteiger partial charge in [-0.05, 0) is 25.0 Å². The molecule has 0 aromatic heterocycles. The molecule has 0 radical (unpaired) electrons. The van der Waals surface area contributed by atoms with E-state index in [1.165, 1.54) is 13.0 Å². The van der Waals surface area contributed by atoms with Gasteiger partial charge in [-0.3, -0.25) is 9.59 Å². The molecule has 0 aliphatic carbocycles. The molecule has 3 N–H and O–H groups in total. The Morgan fingerprint density at radius 1 is 1.30 bits per heavy atom. The Morgan fingerprint density at radius 2 is 1.95 bits per heavy atom. The molecule has 1 atom stereocenters. The Hall–Kier alpha value is -2.11. The van der Waals surface area contributed by atoms with Gasteiger partial charge in [0.1, 0.15) is 17.6 Å². The highest BCUT2D eigenvalue weighted by Crippen LogP contribution is 2.17. The minimum absolute atomic E-state index is 0.0742. The number of hydrogen-bond donors (Lipinski definition) is 3. The summed E-state index contributed by atoms with van der Waals surface area (Å²) in [6, 6.07) is 2.33. The van der Waals surface area contributed by atoms with Crippen molar-refractivity contribution in [3.8, 4) is 5.75 Å². The second-order valence-electron chi connectivity index (χ2n) is 5.00. The fourth-order valence-corrected chi connectivity index (χ4v) is 1.49. The maximum atomic E-state index is 12.8. The van der Waals surface area contributed by atoms with E-state index >= 15 is 0 Å². The lowest BCUT2D eigenvalue weighted by molar-refractivity contribution is -0.122. The number of benzene rings is 1. The average Bonchev–Trinajstić information content (AvgIpc) is 2.35. The Morgan fingerprint density at radius 3 is 2.50 bits per heavy atom. The van der Waals surface area contributed by atoms with Crippen LogP contribution in [0.5, 0.6) is 5.75 Å². The van der Waals surface area contributed by atoms with Gasteiger partial charge < -0.3 is 15.7 Å². The molecule has 6 heteroatoms. The van der Waals surface area contributed by atoms with E-state index in [0.29, 0.717) is 12.5 Å². The normalized spacial score (nSPS) is 12.1. The van der Waals surface area contributed by atoms with Gasteiger partial charge in [0.15, 0.2) is 0 Å². The van der Waals surface area contributed by atoms with E-state index in [-0.39, 0.29) is 11.5 Å². The van der Waals surface area contributed by atoms with Crippen LogP contribution in [0.1, 0.15) is 31.1 Å². The zero-order valence-electron chi connectivity index (χ0n) is 11.7. The minimum atomic E-state index is -0.745. The Labute approximate surface area is 117 Å². The summed E-state index contributed by atoms with van der Waals surface area (Å²) in [5, 5.41) is 14.6. The number of halogens is 1. The Kier molecular flexibility index (Phi) is 5.49. The molecule has 0 aliphatic rings. The van der Waals surface area contributed by atoms with E-state index in [0.717, 1.165) is 12.1 Å². The average molecular weight is 282 g/mol. The summed E-state index contributed by atoms with van der Waals surface area (Å²) in [7, 11) is 0. The van der Waals surface area contributed by atoms with Gasteiger partial charge in [0.2, 0.25) is 5.91 Å². The predicted molar refractivity (Wildman–Crippen MR) is 72.8 cm³/mol. The number of hydrogen-bond acceptors (Lipinski definition) is 3. The monoisotopic (exact) mass is 282 g/mol. The number of rotatable bonds is 5. The Bertz CT molecular complexity index is 503. The molecule has 5 nitrogen and oxygen atoms in total. The van der Waals surface area contributed by atoms with Crippen LogP contribution in [0.2, 0.25) is 0 Å². The summed E-state index contributed by atoms with van der Waals surface area (Å²) in [6.07, 6.45) is 0. The van der Waals surface area contributed by atoms with Gasteiger partial charge in [0.25, 0.3) is 5.91 Å². The zero-order chi connectivity index (χ0) is 15.3. The molecular formula is C14H19FN2O3. The van der Waals surface area contributed by atoms with Crippen molar-refractivity contribution in [1.82, 2.24) is 10.6 Å². The van der Waals surface area contributed by atoms with E-state index in [4.69, 9.17) is 0 Å². The SMILES string of the molecule is CC(C)CNC(=O)C(C)NC(=O)c1ccc(F)cc1O. The van der Waals surface area contributed by atoms with Crippen molar-refractivity contribution in [3.05, 3.63) is 29.6 Å². The lowest BCUT2D eigenvalue weighted by Crippen LogP contribution is -2.45. The van der Waals surface area contributed by atoms with Gasteiger partial charge >= 0.3 is 0 Å². The summed E-state index contributed by atoms with van der Waals surface area (Å²) in [5.41, 5.74) is -0.0742. The molecule has 0 heterocycles. The van der Waals surface area contributed by atoms with Crippen molar-refractivity contribution in [2.24, 2.45) is 5.92 Å². The first kappa shape index (κ1) is 15.9. The van der Waals surface area contributed by atoms with Crippen LogP contribution in [0.15, 0.2) is 18.2 Å². The smallest absolute Gasteiger partial charge is 0.255 e. The summed E-state index contributed by atoms with van der Waals surface area (Å²) in [6.45, 7) is 5.97. The minimum Gasteiger partial charge on any atom is -0.507 e. The molecule has 1 unspecified atom stereocenters. The molecule has 110 valence electrons. The molecule has 0 fully saturated rings. The number of carbonyl (C=O) groups is 2. The van der Waals surface area contributed by atoms with Crippen LogP contribution in [0.3, 0.4) is 0 Å². The topological polar surface area (TPSA) is 78.4 Å². The lowest BCUT2D eigenvalue weighted by atomic mass is 10.1. The quantitative estimate of drug-likeness (QED) is 0.764. The molecule has 1 aromatic carbocycles. The highest BCUT2D eigenvalue weighted by molar-refractivity contribution is 5.99. The molecule has 0 saturated heterocycles. The maximum absolute atomic E-state index is 12.8.